The molecule has 0 heterocycles. The zero-order chi connectivity index (χ0) is 9.46. The molecule has 0 aromatic heterocycles. The Bertz CT molecular complexity index is 238. The first-order chi connectivity index (χ1) is 5.46. The van der Waals surface area contributed by atoms with Gasteiger partial charge < -0.3 is 11.5 Å². The molecule has 0 amide bonds. The zero-order valence-electron chi connectivity index (χ0n) is 7.87. The van der Waals surface area contributed by atoms with E-state index in [9.17, 15) is 0 Å². The molecular weight excluding hydrogens is 259 g/mol. The number of thiol groups is 2. The van der Waals surface area contributed by atoms with E-state index in [1.807, 2.05) is 13.8 Å². The van der Waals surface area contributed by atoms with Gasteiger partial charge in [0.25, 0.3) is 0 Å². The number of halogens is 2. The van der Waals surface area contributed by atoms with Crippen molar-refractivity contribution in [2.75, 3.05) is 11.5 Å². The van der Waals surface area contributed by atoms with Crippen molar-refractivity contribution in [3.8, 4) is 0 Å². The third-order valence-corrected chi connectivity index (χ3v) is 3.18. The summed E-state index contributed by atoms with van der Waals surface area (Å²) in [6.45, 7) is 3.76. The average molecular weight is 273 g/mol. The van der Waals surface area contributed by atoms with Crippen LogP contribution in [0.15, 0.2) is 9.79 Å². The van der Waals surface area contributed by atoms with E-state index in [2.05, 4.69) is 25.3 Å². The van der Waals surface area contributed by atoms with Crippen molar-refractivity contribution >= 4 is 61.4 Å². The fourth-order valence-corrected chi connectivity index (χ4v) is 1.59. The molecule has 1 aromatic rings. The van der Waals surface area contributed by atoms with Gasteiger partial charge in [0, 0.05) is 21.2 Å². The van der Waals surface area contributed by atoms with E-state index in [-0.39, 0.29) is 24.8 Å². The SMILES string of the molecule is Cc1c(N)c(S)c(C)c(N)c1S.Cl.Cl. The Balaban J connectivity index is 0. The van der Waals surface area contributed by atoms with Gasteiger partial charge >= 0.3 is 0 Å². The number of nitrogen functional groups attached to an aromatic ring is 2. The number of rotatable bonds is 0. The monoisotopic (exact) mass is 272 g/mol. The minimum atomic E-state index is 0. The summed E-state index contributed by atoms with van der Waals surface area (Å²) in [5, 5.41) is 0. The van der Waals surface area contributed by atoms with E-state index in [0.29, 0.717) is 11.4 Å². The number of nitrogens with two attached hydrogens (primary N) is 2. The Labute approximate surface area is 107 Å². The molecule has 0 aliphatic carbocycles. The maximum atomic E-state index is 5.77. The van der Waals surface area contributed by atoms with Gasteiger partial charge in [-0.3, -0.25) is 0 Å². The fraction of sp³-hybridized carbons (Fsp3) is 0.250. The first kappa shape index (κ1) is 16.5. The van der Waals surface area contributed by atoms with E-state index in [1.165, 1.54) is 0 Å². The lowest BCUT2D eigenvalue weighted by Crippen LogP contribution is -2.00. The highest BCUT2D eigenvalue weighted by Crippen LogP contribution is 2.35. The van der Waals surface area contributed by atoms with Crippen LogP contribution in [0.5, 0.6) is 0 Å². The topological polar surface area (TPSA) is 52.0 Å². The van der Waals surface area contributed by atoms with Crippen LogP contribution >= 0.6 is 50.1 Å². The minimum Gasteiger partial charge on any atom is -0.398 e. The van der Waals surface area contributed by atoms with Gasteiger partial charge in [-0.05, 0) is 25.0 Å². The van der Waals surface area contributed by atoms with Crippen molar-refractivity contribution in [1.82, 2.24) is 0 Å². The highest BCUT2D eigenvalue weighted by molar-refractivity contribution is 7.81. The highest BCUT2D eigenvalue weighted by Gasteiger charge is 2.10. The second kappa shape index (κ2) is 5.85. The standard InChI is InChI=1S/C8H12N2S2.2ClH/c1-3-5(9)8(12)4(2)6(10)7(3)11;;/h11-12H,9-10H2,1-2H3;2*1H. The zero-order valence-corrected chi connectivity index (χ0v) is 11.3. The van der Waals surface area contributed by atoms with Gasteiger partial charge in [-0.2, -0.15) is 0 Å². The molecule has 6 heteroatoms. The van der Waals surface area contributed by atoms with Crippen molar-refractivity contribution in [2.45, 2.75) is 23.6 Å². The number of hydrogen-bond acceptors (Lipinski definition) is 4. The fourth-order valence-electron chi connectivity index (χ4n) is 1.01. The van der Waals surface area contributed by atoms with Crippen molar-refractivity contribution in [1.29, 1.82) is 0 Å². The third-order valence-electron chi connectivity index (χ3n) is 2.03. The van der Waals surface area contributed by atoms with Crippen molar-refractivity contribution in [3.05, 3.63) is 11.1 Å². The van der Waals surface area contributed by atoms with E-state index < -0.39 is 0 Å². The first-order valence-electron chi connectivity index (χ1n) is 3.52. The van der Waals surface area contributed by atoms with Crippen LogP contribution in [-0.4, -0.2) is 0 Å². The molecule has 0 spiro atoms. The maximum Gasteiger partial charge on any atom is 0.0494 e. The van der Waals surface area contributed by atoms with Crippen LogP contribution in [0.4, 0.5) is 11.4 Å². The Kier molecular flexibility index (Phi) is 6.91. The molecule has 82 valence electrons. The maximum absolute atomic E-state index is 5.77. The average Bonchev–Trinajstić information content (AvgIpc) is 2.08. The normalized spacial score (nSPS) is 8.86. The van der Waals surface area contributed by atoms with Crippen LogP contribution in [-0.2, 0) is 0 Å². The van der Waals surface area contributed by atoms with E-state index in [4.69, 9.17) is 11.5 Å². The predicted molar refractivity (Wildman–Crippen MR) is 73.7 cm³/mol. The molecular formula is C8H14Cl2N2S2. The highest BCUT2D eigenvalue weighted by atomic mass is 35.5. The third kappa shape index (κ3) is 2.57. The lowest BCUT2D eigenvalue weighted by Gasteiger charge is -2.13. The van der Waals surface area contributed by atoms with Gasteiger partial charge in [0.1, 0.15) is 0 Å². The lowest BCUT2D eigenvalue weighted by atomic mass is 10.1. The molecule has 1 rings (SSSR count). The van der Waals surface area contributed by atoms with Gasteiger partial charge in [0.15, 0.2) is 0 Å². The van der Waals surface area contributed by atoms with Crippen LogP contribution in [0.2, 0.25) is 0 Å². The molecule has 0 fully saturated rings. The van der Waals surface area contributed by atoms with Crippen LogP contribution in [0.25, 0.3) is 0 Å². The van der Waals surface area contributed by atoms with Crippen LogP contribution in [0.1, 0.15) is 11.1 Å². The Hall–Kier alpha value is 0.1000. The summed E-state index contributed by atoms with van der Waals surface area (Å²) in [6, 6.07) is 0. The van der Waals surface area contributed by atoms with Crippen molar-refractivity contribution in [2.24, 2.45) is 0 Å². The molecule has 1 aromatic carbocycles. The Morgan fingerprint density at radius 2 is 1.00 bits per heavy atom. The molecule has 0 saturated heterocycles. The first-order valence-corrected chi connectivity index (χ1v) is 4.42. The van der Waals surface area contributed by atoms with Crippen LogP contribution < -0.4 is 11.5 Å². The van der Waals surface area contributed by atoms with Crippen molar-refractivity contribution < 1.29 is 0 Å². The molecule has 2 nitrogen and oxygen atoms in total. The number of benzene rings is 1. The summed E-state index contributed by atoms with van der Waals surface area (Å²) in [6.07, 6.45) is 0. The molecule has 0 aliphatic heterocycles. The minimum absolute atomic E-state index is 0. The number of anilines is 2. The molecule has 0 bridgehead atoms. The molecule has 0 radical (unpaired) electrons. The van der Waals surface area contributed by atoms with Gasteiger partial charge in [0.2, 0.25) is 0 Å². The molecule has 0 saturated carbocycles. The summed E-state index contributed by atoms with van der Waals surface area (Å²) in [7, 11) is 0. The van der Waals surface area contributed by atoms with Crippen LogP contribution in [0, 0.1) is 13.8 Å². The van der Waals surface area contributed by atoms with E-state index >= 15 is 0 Å². The summed E-state index contributed by atoms with van der Waals surface area (Å²) >= 11 is 8.52. The largest absolute Gasteiger partial charge is 0.398 e. The van der Waals surface area contributed by atoms with Crippen molar-refractivity contribution in [3.63, 3.8) is 0 Å². The van der Waals surface area contributed by atoms with Gasteiger partial charge in [-0.1, -0.05) is 0 Å². The number of hydrogen-bond donors (Lipinski definition) is 4. The van der Waals surface area contributed by atoms with E-state index in [0.717, 1.165) is 20.9 Å². The Morgan fingerprint density at radius 1 is 0.786 bits per heavy atom. The van der Waals surface area contributed by atoms with Gasteiger partial charge in [0.05, 0.1) is 0 Å². The van der Waals surface area contributed by atoms with E-state index in [1.54, 1.807) is 0 Å². The Morgan fingerprint density at radius 3 is 1.21 bits per heavy atom. The summed E-state index contributed by atoms with van der Waals surface area (Å²) in [5.41, 5.74) is 14.7. The molecule has 4 N–H and O–H groups in total. The quantitative estimate of drug-likeness (QED) is 0.434. The van der Waals surface area contributed by atoms with Gasteiger partial charge in [-0.15, -0.1) is 50.1 Å². The second-order valence-corrected chi connectivity index (χ2v) is 3.67. The molecule has 0 unspecified atom stereocenters. The molecule has 0 atom stereocenters. The summed E-state index contributed by atoms with van der Waals surface area (Å²) in [5.74, 6) is 0. The van der Waals surface area contributed by atoms with Gasteiger partial charge in [-0.25, -0.2) is 0 Å². The summed E-state index contributed by atoms with van der Waals surface area (Å²) in [4.78, 5) is 1.51. The lowest BCUT2D eigenvalue weighted by molar-refractivity contribution is 1.20. The predicted octanol–water partition coefficient (Wildman–Crippen LogP) is 2.89. The second-order valence-electron chi connectivity index (χ2n) is 2.77. The molecule has 0 aliphatic rings. The molecule has 14 heavy (non-hydrogen) atoms. The van der Waals surface area contributed by atoms with Crippen LogP contribution in [0.3, 0.4) is 0 Å². The summed E-state index contributed by atoms with van der Waals surface area (Å²) < 4.78 is 0. The smallest absolute Gasteiger partial charge is 0.0494 e.